The van der Waals surface area contributed by atoms with Crippen LogP contribution in [0.3, 0.4) is 0 Å². The van der Waals surface area contributed by atoms with Gasteiger partial charge in [-0.05, 0) is 18.9 Å². The molecule has 0 amide bonds. The molecule has 5 nitrogen and oxygen atoms in total. The van der Waals surface area contributed by atoms with E-state index < -0.39 is 0 Å². The van der Waals surface area contributed by atoms with Gasteiger partial charge in [-0.1, -0.05) is 36.2 Å². The Labute approximate surface area is 122 Å². The van der Waals surface area contributed by atoms with Crippen LogP contribution in [0.15, 0.2) is 39.5 Å². The van der Waals surface area contributed by atoms with Crippen LogP contribution in [-0.4, -0.2) is 16.2 Å². The third kappa shape index (κ3) is 2.45. The van der Waals surface area contributed by atoms with Gasteiger partial charge in [0.25, 0.3) is 0 Å². The minimum absolute atomic E-state index is 0.586. The van der Waals surface area contributed by atoms with Gasteiger partial charge in [0.2, 0.25) is 11.7 Å². The standard InChI is InChI=1S/C16H17N3O2/c1-2-6-11(5-1)17-9-15-18-16(19-21-15)13-10-20-14-8-4-3-7-12(13)14/h3-4,7-8,10-11,17H,1-2,5-6,9H2. The van der Waals surface area contributed by atoms with Crippen LogP contribution in [0.2, 0.25) is 0 Å². The Morgan fingerprint density at radius 1 is 1.19 bits per heavy atom. The second-order valence-electron chi connectivity index (χ2n) is 5.52. The van der Waals surface area contributed by atoms with Gasteiger partial charge in [-0.15, -0.1) is 0 Å². The van der Waals surface area contributed by atoms with Crippen LogP contribution in [0.25, 0.3) is 22.4 Å². The molecule has 1 fully saturated rings. The number of fused-ring (bicyclic) bond motifs is 1. The SMILES string of the molecule is c1ccc2c(-c3noc(CNC4CCCC4)n3)coc2c1. The number of nitrogens with zero attached hydrogens (tertiary/aromatic N) is 2. The average Bonchev–Trinajstić information content (AvgIpc) is 3.25. The topological polar surface area (TPSA) is 64.1 Å². The molecule has 1 aliphatic carbocycles. The first-order chi connectivity index (χ1) is 10.4. The molecular weight excluding hydrogens is 266 g/mol. The highest BCUT2D eigenvalue weighted by Gasteiger charge is 2.17. The smallest absolute Gasteiger partial charge is 0.240 e. The number of furan rings is 1. The molecule has 2 aromatic heterocycles. The molecule has 4 rings (SSSR count). The van der Waals surface area contributed by atoms with Crippen molar-refractivity contribution in [2.24, 2.45) is 0 Å². The molecule has 21 heavy (non-hydrogen) atoms. The van der Waals surface area contributed by atoms with Gasteiger partial charge in [-0.25, -0.2) is 0 Å². The van der Waals surface area contributed by atoms with Gasteiger partial charge in [-0.3, -0.25) is 0 Å². The Bertz CT molecular complexity index is 741. The summed E-state index contributed by atoms with van der Waals surface area (Å²) in [7, 11) is 0. The molecular formula is C16H17N3O2. The van der Waals surface area contributed by atoms with Crippen molar-refractivity contribution >= 4 is 11.0 Å². The van der Waals surface area contributed by atoms with Crippen molar-refractivity contribution in [3.8, 4) is 11.4 Å². The van der Waals surface area contributed by atoms with E-state index in [2.05, 4.69) is 15.5 Å². The van der Waals surface area contributed by atoms with Crippen molar-refractivity contribution in [3.63, 3.8) is 0 Å². The Balaban J connectivity index is 1.53. The maximum Gasteiger partial charge on any atom is 0.240 e. The van der Waals surface area contributed by atoms with Crippen LogP contribution in [0.4, 0.5) is 0 Å². The number of para-hydroxylation sites is 1. The molecule has 1 saturated carbocycles. The molecule has 1 aromatic carbocycles. The summed E-state index contributed by atoms with van der Waals surface area (Å²) >= 11 is 0. The van der Waals surface area contributed by atoms with Gasteiger partial charge in [0.1, 0.15) is 11.8 Å². The third-order valence-corrected chi connectivity index (χ3v) is 4.09. The Morgan fingerprint density at radius 3 is 2.95 bits per heavy atom. The van der Waals surface area contributed by atoms with Crippen molar-refractivity contribution in [1.29, 1.82) is 0 Å². The molecule has 0 radical (unpaired) electrons. The predicted molar refractivity (Wildman–Crippen MR) is 78.6 cm³/mol. The summed E-state index contributed by atoms with van der Waals surface area (Å²) in [6.07, 6.45) is 6.80. The summed E-state index contributed by atoms with van der Waals surface area (Å²) in [4.78, 5) is 4.46. The highest BCUT2D eigenvalue weighted by atomic mass is 16.5. The van der Waals surface area contributed by atoms with E-state index in [1.165, 1.54) is 25.7 Å². The fourth-order valence-corrected chi connectivity index (χ4v) is 2.95. The minimum Gasteiger partial charge on any atom is -0.464 e. The van der Waals surface area contributed by atoms with Crippen molar-refractivity contribution in [3.05, 3.63) is 36.4 Å². The second kappa shape index (κ2) is 5.33. The number of aromatic nitrogens is 2. The lowest BCUT2D eigenvalue weighted by molar-refractivity contribution is 0.357. The molecule has 0 aliphatic heterocycles. The third-order valence-electron chi connectivity index (χ3n) is 4.09. The lowest BCUT2D eigenvalue weighted by Gasteiger charge is -2.08. The average molecular weight is 283 g/mol. The summed E-state index contributed by atoms with van der Waals surface area (Å²) < 4.78 is 10.8. The highest BCUT2D eigenvalue weighted by Crippen LogP contribution is 2.28. The van der Waals surface area contributed by atoms with E-state index in [-0.39, 0.29) is 0 Å². The fraction of sp³-hybridized carbons (Fsp3) is 0.375. The van der Waals surface area contributed by atoms with Gasteiger partial charge in [0.15, 0.2) is 0 Å². The molecule has 1 N–H and O–H groups in total. The Hall–Kier alpha value is -2.14. The first kappa shape index (κ1) is 12.6. The van der Waals surface area contributed by atoms with E-state index >= 15 is 0 Å². The van der Waals surface area contributed by atoms with E-state index in [4.69, 9.17) is 8.94 Å². The van der Waals surface area contributed by atoms with Crippen molar-refractivity contribution < 1.29 is 8.94 Å². The second-order valence-corrected chi connectivity index (χ2v) is 5.52. The number of rotatable bonds is 4. The molecule has 0 bridgehead atoms. The van der Waals surface area contributed by atoms with Gasteiger partial charge in [0, 0.05) is 11.4 Å². The lowest BCUT2D eigenvalue weighted by atomic mass is 10.2. The molecule has 0 spiro atoms. The van der Waals surface area contributed by atoms with Crippen molar-refractivity contribution in [2.45, 2.75) is 38.3 Å². The van der Waals surface area contributed by atoms with Crippen LogP contribution in [-0.2, 0) is 6.54 Å². The summed E-state index contributed by atoms with van der Waals surface area (Å²) in [5.74, 6) is 1.21. The van der Waals surface area contributed by atoms with E-state index in [9.17, 15) is 0 Å². The van der Waals surface area contributed by atoms with Crippen LogP contribution >= 0.6 is 0 Å². The number of nitrogens with one attached hydrogen (secondary N) is 1. The van der Waals surface area contributed by atoms with Gasteiger partial charge >= 0.3 is 0 Å². The van der Waals surface area contributed by atoms with Crippen molar-refractivity contribution in [1.82, 2.24) is 15.5 Å². The van der Waals surface area contributed by atoms with Crippen LogP contribution < -0.4 is 5.32 Å². The Kier molecular flexibility index (Phi) is 3.20. The maximum atomic E-state index is 5.52. The minimum atomic E-state index is 0.586. The maximum absolute atomic E-state index is 5.52. The summed E-state index contributed by atoms with van der Waals surface area (Å²) in [5.41, 5.74) is 1.71. The van der Waals surface area contributed by atoms with Gasteiger partial charge in [0.05, 0.1) is 12.1 Å². The monoisotopic (exact) mass is 283 g/mol. The molecule has 0 unspecified atom stereocenters. The lowest BCUT2D eigenvalue weighted by Crippen LogP contribution is -2.25. The largest absolute Gasteiger partial charge is 0.464 e. The highest BCUT2D eigenvalue weighted by molar-refractivity contribution is 5.91. The summed E-state index contributed by atoms with van der Waals surface area (Å²) in [6, 6.07) is 8.45. The number of hydrogen-bond donors (Lipinski definition) is 1. The molecule has 108 valence electrons. The van der Waals surface area contributed by atoms with Gasteiger partial charge < -0.3 is 14.3 Å². The molecule has 5 heteroatoms. The normalized spacial score (nSPS) is 16.0. The number of benzene rings is 1. The first-order valence-electron chi connectivity index (χ1n) is 7.43. The van der Waals surface area contributed by atoms with E-state index in [1.807, 2.05) is 24.3 Å². The molecule has 1 aliphatic rings. The zero-order valence-corrected chi connectivity index (χ0v) is 11.7. The number of hydrogen-bond acceptors (Lipinski definition) is 5. The fourth-order valence-electron chi connectivity index (χ4n) is 2.95. The summed E-state index contributed by atoms with van der Waals surface area (Å²) in [5, 5.41) is 8.55. The van der Waals surface area contributed by atoms with Crippen molar-refractivity contribution in [2.75, 3.05) is 0 Å². The molecule has 0 atom stereocenters. The first-order valence-corrected chi connectivity index (χ1v) is 7.43. The molecule has 0 saturated heterocycles. The van der Waals surface area contributed by atoms with Gasteiger partial charge in [-0.2, -0.15) is 4.98 Å². The molecule has 2 heterocycles. The van der Waals surface area contributed by atoms with E-state index in [0.717, 1.165) is 16.5 Å². The van der Waals surface area contributed by atoms with E-state index in [0.29, 0.717) is 24.3 Å². The Morgan fingerprint density at radius 2 is 2.05 bits per heavy atom. The van der Waals surface area contributed by atoms with Crippen LogP contribution in [0.5, 0.6) is 0 Å². The zero-order chi connectivity index (χ0) is 14.1. The van der Waals surface area contributed by atoms with Crippen LogP contribution in [0, 0.1) is 0 Å². The molecule has 3 aromatic rings. The predicted octanol–water partition coefficient (Wildman–Crippen LogP) is 3.52. The van der Waals surface area contributed by atoms with E-state index in [1.54, 1.807) is 6.26 Å². The zero-order valence-electron chi connectivity index (χ0n) is 11.7. The quantitative estimate of drug-likeness (QED) is 0.793. The van der Waals surface area contributed by atoms with Crippen LogP contribution in [0.1, 0.15) is 31.6 Å². The summed E-state index contributed by atoms with van der Waals surface area (Å²) in [6.45, 7) is 0.632.